The Bertz CT molecular complexity index is 1140. The average Bonchev–Trinajstić information content (AvgIpc) is 3.29. The van der Waals surface area contributed by atoms with Crippen LogP contribution in [0.1, 0.15) is 44.8 Å². The molecule has 0 atom stereocenters. The van der Waals surface area contributed by atoms with Crippen LogP contribution in [0.3, 0.4) is 0 Å². The fourth-order valence-corrected chi connectivity index (χ4v) is 4.46. The van der Waals surface area contributed by atoms with Gasteiger partial charge < -0.3 is 5.32 Å². The molecule has 2 N–H and O–H groups in total. The first-order valence-corrected chi connectivity index (χ1v) is 11.7. The number of likely N-dealkylation sites (tertiary alicyclic amines) is 1. The van der Waals surface area contributed by atoms with Gasteiger partial charge in [0.15, 0.2) is 5.13 Å². The monoisotopic (exact) mass is 488 g/mol. The predicted octanol–water partition coefficient (Wildman–Crippen LogP) is 4.81. The molecule has 1 saturated heterocycles. The topological polar surface area (TPSA) is 74.3 Å². The largest absolute Gasteiger partial charge is 0.416 e. The van der Waals surface area contributed by atoms with Gasteiger partial charge in [-0.05, 0) is 36.6 Å². The molecule has 6 nitrogen and oxygen atoms in total. The van der Waals surface area contributed by atoms with Crippen molar-refractivity contribution in [3.05, 3.63) is 82.4 Å². The van der Waals surface area contributed by atoms with Gasteiger partial charge in [0.05, 0.1) is 5.56 Å². The second-order valence-electron chi connectivity index (χ2n) is 8.08. The van der Waals surface area contributed by atoms with E-state index in [0.717, 1.165) is 55.9 Å². The number of anilines is 1. The molecule has 2 aromatic carbocycles. The molecular formula is C24H23F3N4O2S. The van der Waals surface area contributed by atoms with E-state index < -0.39 is 17.6 Å². The summed E-state index contributed by atoms with van der Waals surface area (Å²) in [7, 11) is 0. The first-order chi connectivity index (χ1) is 16.3. The fourth-order valence-electron chi connectivity index (χ4n) is 3.78. The van der Waals surface area contributed by atoms with E-state index in [1.54, 1.807) is 0 Å². The number of rotatable bonds is 6. The lowest BCUT2D eigenvalue weighted by molar-refractivity contribution is -0.137. The number of amides is 2. The van der Waals surface area contributed by atoms with Gasteiger partial charge in [0.1, 0.15) is 5.69 Å². The zero-order valence-electron chi connectivity index (χ0n) is 18.1. The molecule has 1 aromatic heterocycles. The first kappa shape index (κ1) is 23.9. The summed E-state index contributed by atoms with van der Waals surface area (Å²) in [6.07, 6.45) is -2.90. The predicted molar refractivity (Wildman–Crippen MR) is 124 cm³/mol. The van der Waals surface area contributed by atoms with E-state index in [1.807, 2.05) is 18.2 Å². The normalized spacial score (nSPS) is 15.1. The van der Waals surface area contributed by atoms with Crippen LogP contribution in [0, 0.1) is 0 Å². The van der Waals surface area contributed by atoms with Crippen LogP contribution in [0.15, 0.2) is 60.0 Å². The summed E-state index contributed by atoms with van der Waals surface area (Å²) in [5.74, 6) is -1.06. The Morgan fingerprint density at radius 2 is 1.76 bits per heavy atom. The lowest BCUT2D eigenvalue weighted by Crippen LogP contribution is -2.44. The van der Waals surface area contributed by atoms with Gasteiger partial charge >= 0.3 is 6.18 Å². The van der Waals surface area contributed by atoms with E-state index in [9.17, 15) is 22.8 Å². The van der Waals surface area contributed by atoms with Crippen LogP contribution in [-0.4, -0.2) is 40.8 Å². The first-order valence-electron chi connectivity index (χ1n) is 10.8. The summed E-state index contributed by atoms with van der Waals surface area (Å²) in [5, 5.41) is 7.10. The summed E-state index contributed by atoms with van der Waals surface area (Å²) in [5.41, 5.74) is 0.371. The molecule has 3 aromatic rings. The molecule has 0 spiro atoms. The minimum Gasteiger partial charge on any atom is -0.348 e. The highest BCUT2D eigenvalue weighted by atomic mass is 32.1. The van der Waals surface area contributed by atoms with Crippen LogP contribution >= 0.6 is 11.3 Å². The Kier molecular flexibility index (Phi) is 7.28. The van der Waals surface area contributed by atoms with Crippen LogP contribution in [0.25, 0.3) is 0 Å². The number of carbonyl (C=O) groups excluding carboxylic acids is 2. The van der Waals surface area contributed by atoms with Crippen LogP contribution < -0.4 is 10.6 Å². The molecular weight excluding hydrogens is 465 g/mol. The van der Waals surface area contributed by atoms with Gasteiger partial charge in [-0.25, -0.2) is 4.98 Å². The smallest absolute Gasteiger partial charge is 0.348 e. The van der Waals surface area contributed by atoms with Crippen LogP contribution in [0.2, 0.25) is 0 Å². The average molecular weight is 489 g/mol. The molecule has 0 aliphatic carbocycles. The van der Waals surface area contributed by atoms with E-state index in [1.165, 1.54) is 23.1 Å². The quantitative estimate of drug-likeness (QED) is 0.522. The van der Waals surface area contributed by atoms with Crippen molar-refractivity contribution in [2.75, 3.05) is 18.4 Å². The summed E-state index contributed by atoms with van der Waals surface area (Å²) >= 11 is 1.04. The molecule has 1 aliphatic rings. The lowest BCUT2D eigenvalue weighted by Gasteiger charge is -2.32. The van der Waals surface area contributed by atoms with Crippen molar-refractivity contribution in [2.45, 2.75) is 31.6 Å². The van der Waals surface area contributed by atoms with Crippen molar-refractivity contribution in [2.24, 2.45) is 0 Å². The zero-order chi connectivity index (χ0) is 24.1. The number of hydrogen-bond donors (Lipinski definition) is 2. The van der Waals surface area contributed by atoms with E-state index >= 15 is 0 Å². The zero-order valence-corrected chi connectivity index (χ0v) is 19.0. The summed E-state index contributed by atoms with van der Waals surface area (Å²) in [6.45, 7) is 2.62. The van der Waals surface area contributed by atoms with E-state index in [4.69, 9.17) is 0 Å². The second kappa shape index (κ2) is 10.4. The van der Waals surface area contributed by atoms with Crippen LogP contribution in [0.5, 0.6) is 0 Å². The highest BCUT2D eigenvalue weighted by Crippen LogP contribution is 2.29. The van der Waals surface area contributed by atoms with Gasteiger partial charge in [-0.1, -0.05) is 36.4 Å². The van der Waals surface area contributed by atoms with Gasteiger partial charge in [0.2, 0.25) is 0 Å². The molecule has 2 heterocycles. The molecule has 178 valence electrons. The number of hydrogen-bond acceptors (Lipinski definition) is 5. The van der Waals surface area contributed by atoms with Gasteiger partial charge in [0, 0.05) is 36.6 Å². The third-order valence-corrected chi connectivity index (χ3v) is 6.34. The summed E-state index contributed by atoms with van der Waals surface area (Å²) < 4.78 is 38.6. The number of nitrogens with one attached hydrogen (secondary N) is 2. The van der Waals surface area contributed by atoms with Crippen molar-refractivity contribution in [1.82, 2.24) is 15.2 Å². The van der Waals surface area contributed by atoms with Gasteiger partial charge in [0.25, 0.3) is 11.8 Å². The number of halogens is 3. The third-order valence-electron chi connectivity index (χ3n) is 5.58. The molecule has 0 saturated carbocycles. The molecule has 1 aliphatic heterocycles. The molecule has 0 bridgehead atoms. The SMILES string of the molecule is O=C(Nc1nc(C(=O)NC2CCN(Cc3ccccc3)CC2)cs1)c1cccc(C(F)(F)F)c1. The summed E-state index contributed by atoms with van der Waals surface area (Å²) in [6, 6.07) is 14.4. The van der Waals surface area contributed by atoms with Crippen molar-refractivity contribution in [3.63, 3.8) is 0 Å². The van der Waals surface area contributed by atoms with Gasteiger partial charge in [-0.2, -0.15) is 13.2 Å². The maximum absolute atomic E-state index is 12.9. The molecule has 34 heavy (non-hydrogen) atoms. The highest BCUT2D eigenvalue weighted by Gasteiger charge is 2.31. The van der Waals surface area contributed by atoms with Crippen molar-refractivity contribution in [3.8, 4) is 0 Å². The van der Waals surface area contributed by atoms with E-state index in [-0.39, 0.29) is 28.3 Å². The van der Waals surface area contributed by atoms with E-state index in [2.05, 4.69) is 32.7 Å². The summed E-state index contributed by atoms with van der Waals surface area (Å²) in [4.78, 5) is 31.4. The minimum absolute atomic E-state index is 0.0318. The van der Waals surface area contributed by atoms with Crippen molar-refractivity contribution < 1.29 is 22.8 Å². The molecule has 10 heteroatoms. The lowest BCUT2D eigenvalue weighted by atomic mass is 10.0. The third kappa shape index (κ3) is 6.21. The van der Waals surface area contributed by atoms with Crippen molar-refractivity contribution >= 4 is 28.3 Å². The number of piperidine rings is 1. The number of thiazole rings is 1. The second-order valence-corrected chi connectivity index (χ2v) is 8.94. The minimum atomic E-state index is -4.54. The number of nitrogens with zero attached hydrogens (tertiary/aromatic N) is 2. The maximum atomic E-state index is 12.9. The Hall–Kier alpha value is -3.24. The molecule has 4 rings (SSSR count). The number of aromatic nitrogens is 1. The standard InChI is InChI=1S/C24H23F3N4O2S/c25-24(26,27)18-8-4-7-17(13-18)21(32)30-23-29-20(15-34-23)22(33)28-19-9-11-31(12-10-19)14-16-5-2-1-3-6-16/h1-8,13,15,19H,9-12,14H2,(H,28,33)(H,29,30,32). The maximum Gasteiger partial charge on any atom is 0.416 e. The molecule has 0 unspecified atom stereocenters. The fraction of sp³-hybridized carbons (Fsp3) is 0.292. The van der Waals surface area contributed by atoms with Gasteiger partial charge in [-0.15, -0.1) is 11.3 Å². The Labute approximate surface area is 198 Å². The van der Waals surface area contributed by atoms with Crippen LogP contribution in [0.4, 0.5) is 18.3 Å². The van der Waals surface area contributed by atoms with Gasteiger partial charge in [-0.3, -0.25) is 19.8 Å². The number of alkyl halides is 3. The Balaban J connectivity index is 1.28. The Morgan fingerprint density at radius 3 is 2.47 bits per heavy atom. The highest BCUT2D eigenvalue weighted by molar-refractivity contribution is 7.14. The Morgan fingerprint density at radius 1 is 1.03 bits per heavy atom. The molecule has 2 amide bonds. The van der Waals surface area contributed by atoms with E-state index in [0.29, 0.717) is 0 Å². The molecule has 1 fully saturated rings. The number of carbonyl (C=O) groups is 2. The van der Waals surface area contributed by atoms with Crippen molar-refractivity contribution in [1.29, 1.82) is 0 Å². The van der Waals surface area contributed by atoms with Crippen LogP contribution in [-0.2, 0) is 12.7 Å². The number of benzene rings is 2. The molecule has 0 radical (unpaired) electrons.